The lowest BCUT2D eigenvalue weighted by molar-refractivity contribution is 0.108. The number of nitrogens with one attached hydrogen (secondary N) is 2. The summed E-state index contributed by atoms with van der Waals surface area (Å²) < 4.78 is 38.0. The number of pyridine rings is 1. The Labute approximate surface area is 242 Å². The van der Waals surface area contributed by atoms with Crippen molar-refractivity contribution in [2.24, 2.45) is 0 Å². The summed E-state index contributed by atoms with van der Waals surface area (Å²) in [4.78, 5) is 18.8. The molecule has 0 aliphatic carbocycles. The van der Waals surface area contributed by atoms with E-state index >= 15 is 4.39 Å². The minimum absolute atomic E-state index is 0.00690. The third-order valence-electron chi connectivity index (χ3n) is 10.1. The fourth-order valence-electron chi connectivity index (χ4n) is 7.93. The van der Waals surface area contributed by atoms with Crippen molar-refractivity contribution >= 4 is 27.6 Å². The van der Waals surface area contributed by atoms with Gasteiger partial charge in [-0.05, 0) is 70.2 Å². The summed E-state index contributed by atoms with van der Waals surface area (Å²) in [6, 6.07) is 1.80. The average Bonchev–Trinajstić information content (AvgIpc) is 3.77. The molecule has 4 fully saturated rings. The monoisotopic (exact) mass is 572 g/mol. The van der Waals surface area contributed by atoms with Crippen molar-refractivity contribution in [2.45, 2.75) is 62.6 Å². The van der Waals surface area contributed by atoms with Crippen LogP contribution in [0.3, 0.4) is 0 Å². The number of halogens is 2. The number of rotatable bonds is 6. The Balaban J connectivity index is 1.27. The van der Waals surface area contributed by atoms with E-state index in [0.29, 0.717) is 46.4 Å². The van der Waals surface area contributed by atoms with Crippen LogP contribution >= 0.6 is 0 Å². The van der Waals surface area contributed by atoms with Gasteiger partial charge in [0.25, 0.3) is 0 Å². The first-order valence-corrected chi connectivity index (χ1v) is 14.9. The highest BCUT2D eigenvalue weighted by molar-refractivity contribution is 5.99. The second kappa shape index (κ2) is 9.40. The number of ether oxygens (including phenoxy) is 1. The van der Waals surface area contributed by atoms with Crippen molar-refractivity contribution < 1.29 is 13.5 Å². The Morgan fingerprint density at radius 2 is 1.98 bits per heavy atom. The van der Waals surface area contributed by atoms with Gasteiger partial charge in [0.2, 0.25) is 0 Å². The van der Waals surface area contributed by atoms with Crippen LogP contribution in [-0.2, 0) is 0 Å². The summed E-state index contributed by atoms with van der Waals surface area (Å²) in [6.07, 6.45) is 11.6. The predicted octanol–water partition coefficient (Wildman–Crippen LogP) is 4.66. The molecule has 3 aromatic heterocycles. The molecule has 2 bridgehead atoms. The minimum atomic E-state index is -0.629. The second-order valence-corrected chi connectivity index (χ2v) is 12.5. The maximum atomic E-state index is 16.7. The van der Waals surface area contributed by atoms with Crippen LogP contribution in [0, 0.1) is 18.6 Å². The molecule has 0 spiro atoms. The summed E-state index contributed by atoms with van der Waals surface area (Å²) in [5, 5.41) is 11.6. The van der Waals surface area contributed by atoms with Crippen molar-refractivity contribution in [1.82, 2.24) is 35.4 Å². The largest absolute Gasteiger partial charge is 0.461 e. The molecule has 7 heterocycles. The zero-order valence-electron chi connectivity index (χ0n) is 23.7. The molecule has 42 heavy (non-hydrogen) atoms. The molecular weight excluding hydrogens is 538 g/mol. The Morgan fingerprint density at radius 3 is 2.79 bits per heavy atom. The maximum absolute atomic E-state index is 16.7. The van der Waals surface area contributed by atoms with Gasteiger partial charge in [-0.15, -0.1) is 6.58 Å². The first-order chi connectivity index (χ1) is 20.4. The summed E-state index contributed by atoms with van der Waals surface area (Å²) in [5.74, 6) is -0.488. The Hall–Kier alpha value is -3.70. The molecule has 4 saturated heterocycles. The lowest BCUT2D eigenvalue weighted by atomic mass is 9.95. The maximum Gasteiger partial charge on any atom is 0.319 e. The molecule has 8 rings (SSSR count). The number of benzene rings is 1. The van der Waals surface area contributed by atoms with E-state index in [9.17, 15) is 4.39 Å². The van der Waals surface area contributed by atoms with Crippen LogP contribution in [0.15, 0.2) is 31.1 Å². The summed E-state index contributed by atoms with van der Waals surface area (Å²) in [5.41, 5.74) is 1.04. The zero-order chi connectivity index (χ0) is 28.6. The van der Waals surface area contributed by atoms with Gasteiger partial charge in [-0.2, -0.15) is 15.1 Å². The SMILES string of the molecule is C=CC12CCC(CN(c3nc(OCC45CCCN4CCC5)nc4c(F)c(-c5c(C)c(F)cc6[nH]ncc56)ncc34)C1)N2. The molecule has 218 valence electrons. The fraction of sp³-hybridized carbons (Fsp3) is 0.484. The average molecular weight is 573 g/mol. The predicted molar refractivity (Wildman–Crippen MR) is 157 cm³/mol. The lowest BCUT2D eigenvalue weighted by Gasteiger charge is -2.40. The molecule has 4 aliphatic rings. The molecule has 9 nitrogen and oxygen atoms in total. The van der Waals surface area contributed by atoms with Crippen LogP contribution in [0.2, 0.25) is 0 Å². The topological polar surface area (TPSA) is 95.1 Å². The number of nitrogens with zero attached hydrogens (tertiary/aromatic N) is 6. The molecule has 2 atom stereocenters. The molecule has 4 aromatic rings. The van der Waals surface area contributed by atoms with Crippen molar-refractivity contribution in [3.63, 3.8) is 0 Å². The lowest BCUT2D eigenvalue weighted by Crippen LogP contribution is -2.58. The fourth-order valence-corrected chi connectivity index (χ4v) is 7.93. The van der Waals surface area contributed by atoms with E-state index in [1.807, 2.05) is 6.08 Å². The van der Waals surface area contributed by atoms with E-state index < -0.39 is 11.6 Å². The van der Waals surface area contributed by atoms with Gasteiger partial charge in [-0.25, -0.2) is 8.78 Å². The molecule has 0 radical (unpaired) electrons. The van der Waals surface area contributed by atoms with Gasteiger partial charge in [0.15, 0.2) is 5.82 Å². The van der Waals surface area contributed by atoms with Crippen molar-refractivity contribution in [3.05, 3.63) is 48.3 Å². The molecule has 1 aromatic carbocycles. The van der Waals surface area contributed by atoms with Crippen LogP contribution in [0.4, 0.5) is 14.6 Å². The molecule has 2 N–H and O–H groups in total. The van der Waals surface area contributed by atoms with Crippen LogP contribution in [0.25, 0.3) is 33.1 Å². The van der Waals surface area contributed by atoms with E-state index in [-0.39, 0.29) is 34.3 Å². The highest BCUT2D eigenvalue weighted by Gasteiger charge is 2.46. The molecule has 4 aliphatic heterocycles. The zero-order valence-corrected chi connectivity index (χ0v) is 23.7. The number of fused-ring (bicyclic) bond motifs is 5. The number of aromatic amines is 1. The van der Waals surface area contributed by atoms with E-state index in [4.69, 9.17) is 9.72 Å². The third-order valence-corrected chi connectivity index (χ3v) is 10.1. The van der Waals surface area contributed by atoms with Gasteiger partial charge in [0, 0.05) is 36.3 Å². The Kier molecular flexibility index (Phi) is 5.81. The van der Waals surface area contributed by atoms with Gasteiger partial charge in [-0.3, -0.25) is 15.0 Å². The number of hydrogen-bond donors (Lipinski definition) is 2. The van der Waals surface area contributed by atoms with Gasteiger partial charge in [-0.1, -0.05) is 6.08 Å². The van der Waals surface area contributed by atoms with E-state index in [1.54, 1.807) is 19.3 Å². The van der Waals surface area contributed by atoms with E-state index in [0.717, 1.165) is 58.2 Å². The van der Waals surface area contributed by atoms with Gasteiger partial charge in [0.1, 0.15) is 29.5 Å². The molecule has 11 heteroatoms. The number of aromatic nitrogens is 5. The summed E-state index contributed by atoms with van der Waals surface area (Å²) >= 11 is 0. The smallest absolute Gasteiger partial charge is 0.319 e. The van der Waals surface area contributed by atoms with Gasteiger partial charge < -0.3 is 15.0 Å². The van der Waals surface area contributed by atoms with E-state index in [2.05, 4.69) is 41.9 Å². The number of piperazine rings is 1. The number of anilines is 1. The van der Waals surface area contributed by atoms with Gasteiger partial charge in [0.05, 0.1) is 28.2 Å². The highest BCUT2D eigenvalue weighted by atomic mass is 19.1. The quantitative estimate of drug-likeness (QED) is 0.322. The number of H-pyrrole nitrogens is 1. The molecule has 0 amide bonds. The Bertz CT molecular complexity index is 1730. The first-order valence-electron chi connectivity index (χ1n) is 14.9. The molecule has 2 unspecified atom stereocenters. The standard InChI is InChI=1S/C31H34F2N8O/c1-3-30-9-6-19(38-30)15-40(16-30)28-21-13-34-27(24-18(2)22(32)12-23-20(24)14-35-39-23)25(33)26(21)36-29(37-28)42-17-31-7-4-10-41(31)11-5-8-31/h3,12-14,19,38H,1,4-11,15-17H2,2H3,(H,35,39). The van der Waals surface area contributed by atoms with Crippen LogP contribution in [-0.4, -0.2) is 80.0 Å². The third kappa shape index (κ3) is 3.86. The Morgan fingerprint density at radius 1 is 1.14 bits per heavy atom. The minimum Gasteiger partial charge on any atom is -0.461 e. The highest BCUT2D eigenvalue weighted by Crippen LogP contribution is 2.41. The van der Waals surface area contributed by atoms with Crippen molar-refractivity contribution in [3.8, 4) is 17.3 Å². The first kappa shape index (κ1) is 26.0. The molecule has 0 saturated carbocycles. The van der Waals surface area contributed by atoms with Crippen molar-refractivity contribution in [1.29, 1.82) is 0 Å². The van der Waals surface area contributed by atoms with Crippen LogP contribution < -0.4 is 15.0 Å². The second-order valence-electron chi connectivity index (χ2n) is 12.5. The van der Waals surface area contributed by atoms with Gasteiger partial charge >= 0.3 is 6.01 Å². The normalized spacial score (nSPS) is 25.0. The van der Waals surface area contributed by atoms with Crippen LogP contribution in [0.1, 0.15) is 44.1 Å². The van der Waals surface area contributed by atoms with E-state index in [1.165, 1.54) is 6.07 Å². The summed E-state index contributed by atoms with van der Waals surface area (Å²) in [6.45, 7) is 9.73. The number of hydrogen-bond acceptors (Lipinski definition) is 8. The summed E-state index contributed by atoms with van der Waals surface area (Å²) in [7, 11) is 0. The van der Waals surface area contributed by atoms with Crippen molar-refractivity contribution in [2.75, 3.05) is 37.7 Å². The van der Waals surface area contributed by atoms with Crippen LogP contribution in [0.5, 0.6) is 6.01 Å². The molecular formula is C31H34F2N8O.